The van der Waals surface area contributed by atoms with Crippen molar-refractivity contribution >= 4 is 5.88 Å². The molecule has 0 radical (unpaired) electrons. The summed E-state index contributed by atoms with van der Waals surface area (Å²) in [7, 11) is 0. The van der Waals surface area contributed by atoms with Crippen LogP contribution in [-0.4, -0.2) is 10.0 Å². The third-order valence-corrected chi connectivity index (χ3v) is 2.32. The molecule has 1 atom stereocenters. The van der Waals surface area contributed by atoms with Crippen molar-refractivity contribution in [3.63, 3.8) is 0 Å². The van der Waals surface area contributed by atoms with Gasteiger partial charge < -0.3 is 9.52 Å². The Morgan fingerprint density at radius 3 is 2.56 bits per heavy atom. The molecule has 0 aliphatic rings. The van der Waals surface area contributed by atoms with Gasteiger partial charge in [-0.3, -0.25) is 10.1 Å². The van der Waals surface area contributed by atoms with E-state index in [2.05, 4.69) is 0 Å². The number of hydrogen-bond donors (Lipinski definition) is 1. The lowest BCUT2D eigenvalue weighted by Crippen LogP contribution is -2.01. The molecule has 18 heavy (non-hydrogen) atoms. The van der Waals surface area contributed by atoms with Crippen LogP contribution in [0.4, 0.5) is 14.7 Å². The summed E-state index contributed by atoms with van der Waals surface area (Å²) in [5.74, 6) is -2.49. The summed E-state index contributed by atoms with van der Waals surface area (Å²) in [6.07, 6.45) is -1.53. The van der Waals surface area contributed by atoms with Gasteiger partial charge in [0.05, 0.1) is 6.07 Å². The maximum atomic E-state index is 13.4. The van der Waals surface area contributed by atoms with Crippen LogP contribution in [0.25, 0.3) is 0 Å². The van der Waals surface area contributed by atoms with Crippen molar-refractivity contribution in [3.05, 3.63) is 63.4 Å². The van der Waals surface area contributed by atoms with Gasteiger partial charge in [0.25, 0.3) is 0 Å². The molecule has 1 aromatic carbocycles. The van der Waals surface area contributed by atoms with Crippen LogP contribution in [-0.2, 0) is 0 Å². The summed E-state index contributed by atoms with van der Waals surface area (Å²) in [6, 6.07) is 4.82. The van der Waals surface area contributed by atoms with Gasteiger partial charge in [0, 0.05) is 11.6 Å². The number of rotatable bonds is 3. The van der Waals surface area contributed by atoms with Gasteiger partial charge in [-0.2, -0.15) is 0 Å². The Kier molecular flexibility index (Phi) is 3.07. The van der Waals surface area contributed by atoms with E-state index in [1.807, 2.05) is 0 Å². The molecule has 0 saturated heterocycles. The molecule has 2 rings (SSSR count). The third-order valence-electron chi connectivity index (χ3n) is 2.32. The number of nitrogens with zero attached hydrogens (tertiary/aromatic N) is 1. The second-order valence-electron chi connectivity index (χ2n) is 3.50. The van der Waals surface area contributed by atoms with E-state index in [9.17, 15) is 24.0 Å². The molecule has 0 fully saturated rings. The van der Waals surface area contributed by atoms with Gasteiger partial charge in [-0.25, -0.2) is 8.78 Å². The molecule has 1 N–H and O–H groups in total. The van der Waals surface area contributed by atoms with Crippen molar-refractivity contribution in [2.45, 2.75) is 6.10 Å². The summed E-state index contributed by atoms with van der Waals surface area (Å²) in [4.78, 5) is 9.61. The molecule has 2 aromatic rings. The van der Waals surface area contributed by atoms with Crippen LogP contribution in [0.15, 0.2) is 34.7 Å². The van der Waals surface area contributed by atoms with Gasteiger partial charge in [0.2, 0.25) is 0 Å². The number of halogens is 2. The quantitative estimate of drug-likeness (QED) is 0.675. The van der Waals surface area contributed by atoms with Crippen LogP contribution in [0.5, 0.6) is 0 Å². The summed E-state index contributed by atoms with van der Waals surface area (Å²) in [5, 5.41) is 20.2. The number of aliphatic hydroxyl groups excluding tert-OH is 1. The van der Waals surface area contributed by atoms with Crippen LogP contribution in [0.1, 0.15) is 17.4 Å². The highest BCUT2D eigenvalue weighted by atomic mass is 19.1. The first-order chi connectivity index (χ1) is 8.49. The van der Waals surface area contributed by atoms with E-state index in [4.69, 9.17) is 4.42 Å². The third kappa shape index (κ3) is 2.21. The first-order valence-electron chi connectivity index (χ1n) is 4.86. The minimum absolute atomic E-state index is 0.188. The summed E-state index contributed by atoms with van der Waals surface area (Å²) >= 11 is 0. The van der Waals surface area contributed by atoms with Crippen molar-refractivity contribution < 1.29 is 23.2 Å². The molecule has 1 unspecified atom stereocenters. The highest BCUT2D eigenvalue weighted by Crippen LogP contribution is 2.28. The predicted octanol–water partition coefficient (Wildman–Crippen LogP) is 2.55. The van der Waals surface area contributed by atoms with E-state index in [1.54, 1.807) is 0 Å². The molecule has 0 aliphatic heterocycles. The maximum Gasteiger partial charge on any atom is 0.433 e. The largest absolute Gasteiger partial charge is 0.433 e. The molecule has 0 spiro atoms. The number of furan rings is 1. The van der Waals surface area contributed by atoms with Crippen molar-refractivity contribution in [2.24, 2.45) is 0 Å². The molecule has 0 saturated carbocycles. The van der Waals surface area contributed by atoms with Crippen LogP contribution < -0.4 is 0 Å². The molecule has 5 nitrogen and oxygen atoms in total. The fourth-order valence-electron chi connectivity index (χ4n) is 1.46. The zero-order valence-corrected chi connectivity index (χ0v) is 8.84. The second-order valence-corrected chi connectivity index (χ2v) is 3.50. The standard InChI is InChI=1S/C11H7F2NO4/c12-6-1-2-7(8(13)5-6)11(15)9-3-4-10(18-9)14(16)17/h1-5,11,15H. The number of hydrogen-bond acceptors (Lipinski definition) is 4. The molecule has 0 aliphatic carbocycles. The van der Waals surface area contributed by atoms with Crippen molar-refractivity contribution in [3.8, 4) is 0 Å². The smallest absolute Gasteiger partial charge is 0.403 e. The molecule has 1 heterocycles. The van der Waals surface area contributed by atoms with Crippen LogP contribution >= 0.6 is 0 Å². The summed E-state index contributed by atoms with van der Waals surface area (Å²) in [5.41, 5.74) is -0.222. The molecular weight excluding hydrogens is 248 g/mol. The van der Waals surface area contributed by atoms with Crippen molar-refractivity contribution in [1.29, 1.82) is 0 Å². The Morgan fingerprint density at radius 1 is 1.28 bits per heavy atom. The van der Waals surface area contributed by atoms with E-state index in [1.165, 1.54) is 0 Å². The normalized spacial score (nSPS) is 12.4. The zero-order chi connectivity index (χ0) is 13.3. The summed E-state index contributed by atoms with van der Waals surface area (Å²) in [6.45, 7) is 0. The average Bonchev–Trinajstić information content (AvgIpc) is 2.77. The molecule has 0 bridgehead atoms. The first-order valence-corrected chi connectivity index (χ1v) is 4.86. The van der Waals surface area contributed by atoms with Gasteiger partial charge in [-0.05, 0) is 12.1 Å². The Bertz CT molecular complexity index is 596. The molecule has 1 aromatic heterocycles. The molecule has 0 amide bonds. The highest BCUT2D eigenvalue weighted by Gasteiger charge is 2.21. The van der Waals surface area contributed by atoms with Gasteiger partial charge >= 0.3 is 5.88 Å². The topological polar surface area (TPSA) is 76.5 Å². The van der Waals surface area contributed by atoms with E-state index in [0.29, 0.717) is 6.07 Å². The maximum absolute atomic E-state index is 13.4. The van der Waals surface area contributed by atoms with Crippen molar-refractivity contribution in [2.75, 3.05) is 0 Å². The zero-order valence-electron chi connectivity index (χ0n) is 8.84. The fourth-order valence-corrected chi connectivity index (χ4v) is 1.46. The Balaban J connectivity index is 2.35. The van der Waals surface area contributed by atoms with Gasteiger partial charge in [-0.1, -0.05) is 6.07 Å². The fraction of sp³-hybridized carbons (Fsp3) is 0.0909. The Labute approximate surface area is 99.4 Å². The lowest BCUT2D eigenvalue weighted by molar-refractivity contribution is -0.402. The predicted molar refractivity (Wildman–Crippen MR) is 55.8 cm³/mol. The Hall–Kier alpha value is -2.28. The van der Waals surface area contributed by atoms with E-state index < -0.39 is 28.5 Å². The lowest BCUT2D eigenvalue weighted by Gasteiger charge is -2.08. The molecule has 94 valence electrons. The van der Waals surface area contributed by atoms with Gasteiger partial charge in [0.1, 0.15) is 28.4 Å². The number of nitro groups is 1. The first kappa shape index (κ1) is 12.2. The van der Waals surface area contributed by atoms with E-state index >= 15 is 0 Å². The van der Waals surface area contributed by atoms with Crippen LogP contribution in [0, 0.1) is 21.7 Å². The number of benzene rings is 1. The molecule has 7 heteroatoms. The van der Waals surface area contributed by atoms with E-state index in [-0.39, 0.29) is 11.3 Å². The minimum atomic E-state index is -1.53. The van der Waals surface area contributed by atoms with Crippen LogP contribution in [0.3, 0.4) is 0 Å². The summed E-state index contributed by atoms with van der Waals surface area (Å²) < 4.78 is 30.8. The van der Waals surface area contributed by atoms with Gasteiger partial charge in [0.15, 0.2) is 0 Å². The monoisotopic (exact) mass is 255 g/mol. The lowest BCUT2D eigenvalue weighted by atomic mass is 10.1. The van der Waals surface area contributed by atoms with E-state index in [0.717, 1.165) is 24.3 Å². The second kappa shape index (κ2) is 4.53. The highest BCUT2D eigenvalue weighted by molar-refractivity contribution is 5.29. The average molecular weight is 255 g/mol. The van der Waals surface area contributed by atoms with Crippen molar-refractivity contribution in [1.82, 2.24) is 0 Å². The SMILES string of the molecule is O=[N+]([O-])c1ccc(C(O)c2ccc(F)cc2F)o1. The van der Waals surface area contributed by atoms with Gasteiger partial charge in [-0.15, -0.1) is 0 Å². The van der Waals surface area contributed by atoms with Crippen LogP contribution in [0.2, 0.25) is 0 Å². The minimum Gasteiger partial charge on any atom is -0.403 e. The number of aliphatic hydroxyl groups is 1. The Morgan fingerprint density at radius 2 is 2.00 bits per heavy atom. The molecular formula is C11H7F2NO4.